The molecule has 1 N–H and O–H groups in total. The number of thiol groups is 1. The van der Waals surface area contributed by atoms with E-state index in [1.807, 2.05) is 12.1 Å². The molecule has 2 aromatic rings. The molecule has 118 valence electrons. The molecule has 0 heterocycles. The van der Waals surface area contributed by atoms with Crippen LogP contribution in [-0.2, 0) is 5.16 Å². The van der Waals surface area contributed by atoms with Gasteiger partial charge in [-0.15, -0.1) is 0 Å². The van der Waals surface area contributed by atoms with E-state index in [4.69, 9.17) is 0 Å². The Balaban J connectivity index is 2.48. The first-order valence-corrected chi connectivity index (χ1v) is 9.39. The lowest BCUT2D eigenvalue weighted by molar-refractivity contribution is 0.448. The van der Waals surface area contributed by atoms with E-state index in [1.54, 1.807) is 6.07 Å². The van der Waals surface area contributed by atoms with Crippen LogP contribution in [0, 0.1) is 0 Å². The zero-order chi connectivity index (χ0) is 16.2. The molecule has 0 aromatic heterocycles. The summed E-state index contributed by atoms with van der Waals surface area (Å²) in [6.45, 7) is 6.55. The third-order valence-electron chi connectivity index (χ3n) is 4.41. The largest absolute Gasteiger partial charge is 0.508 e. The Morgan fingerprint density at radius 2 is 1.64 bits per heavy atom. The SMILES string of the molecule is CCC(CC)(Pc1ccccc1C(C)S)c1ccccc1O. The molecular weight excluding hydrogens is 307 g/mol. The average molecular weight is 332 g/mol. The van der Waals surface area contributed by atoms with Gasteiger partial charge in [0.1, 0.15) is 5.75 Å². The monoisotopic (exact) mass is 332 g/mol. The molecule has 22 heavy (non-hydrogen) atoms. The Morgan fingerprint density at radius 1 is 1.05 bits per heavy atom. The number of para-hydroxylation sites is 1. The first-order chi connectivity index (χ1) is 10.5. The summed E-state index contributed by atoms with van der Waals surface area (Å²) in [5, 5.41) is 11.9. The lowest BCUT2D eigenvalue weighted by atomic mass is 9.92. The number of phenols is 1. The van der Waals surface area contributed by atoms with Gasteiger partial charge in [0.15, 0.2) is 0 Å². The fraction of sp³-hybridized carbons (Fsp3) is 0.368. The lowest BCUT2D eigenvalue weighted by Gasteiger charge is -2.34. The van der Waals surface area contributed by atoms with E-state index in [0.717, 1.165) is 18.4 Å². The van der Waals surface area contributed by atoms with Gasteiger partial charge in [-0.1, -0.05) is 64.9 Å². The highest BCUT2D eigenvalue weighted by Crippen LogP contribution is 2.50. The summed E-state index contributed by atoms with van der Waals surface area (Å²) < 4.78 is 0. The van der Waals surface area contributed by atoms with Crippen LogP contribution in [0.15, 0.2) is 48.5 Å². The molecule has 0 fully saturated rings. The van der Waals surface area contributed by atoms with Crippen molar-refractivity contribution in [2.75, 3.05) is 0 Å². The minimum Gasteiger partial charge on any atom is -0.508 e. The number of hydrogen-bond donors (Lipinski definition) is 2. The van der Waals surface area contributed by atoms with Gasteiger partial charge in [-0.3, -0.25) is 0 Å². The molecule has 3 heteroatoms. The van der Waals surface area contributed by atoms with Gasteiger partial charge in [-0.2, -0.15) is 12.6 Å². The van der Waals surface area contributed by atoms with E-state index < -0.39 is 0 Å². The first kappa shape index (κ1) is 17.4. The summed E-state index contributed by atoms with van der Waals surface area (Å²) in [5.74, 6) is 0.412. The summed E-state index contributed by atoms with van der Waals surface area (Å²) in [6.07, 6.45) is 2.02. The molecule has 0 spiro atoms. The van der Waals surface area contributed by atoms with Crippen LogP contribution in [0.3, 0.4) is 0 Å². The Morgan fingerprint density at radius 3 is 2.23 bits per heavy atom. The van der Waals surface area contributed by atoms with Gasteiger partial charge >= 0.3 is 0 Å². The van der Waals surface area contributed by atoms with Crippen molar-refractivity contribution in [1.29, 1.82) is 0 Å². The highest BCUT2D eigenvalue weighted by atomic mass is 32.1. The Bertz CT molecular complexity index is 620. The van der Waals surface area contributed by atoms with Crippen LogP contribution in [0.1, 0.15) is 50.0 Å². The molecule has 2 aromatic carbocycles. The van der Waals surface area contributed by atoms with Crippen molar-refractivity contribution >= 4 is 26.5 Å². The van der Waals surface area contributed by atoms with Crippen molar-refractivity contribution in [2.24, 2.45) is 0 Å². The van der Waals surface area contributed by atoms with Crippen LogP contribution in [-0.4, -0.2) is 5.11 Å². The van der Waals surface area contributed by atoms with Crippen molar-refractivity contribution in [3.05, 3.63) is 59.7 Å². The smallest absolute Gasteiger partial charge is 0.119 e. The summed E-state index contributed by atoms with van der Waals surface area (Å²) in [6, 6.07) is 16.3. The highest BCUT2D eigenvalue weighted by Gasteiger charge is 2.32. The van der Waals surface area contributed by atoms with Crippen LogP contribution >= 0.6 is 21.2 Å². The normalized spacial score (nSPS) is 13.6. The van der Waals surface area contributed by atoms with Crippen molar-refractivity contribution < 1.29 is 5.11 Å². The zero-order valence-corrected chi connectivity index (χ0v) is 15.4. The van der Waals surface area contributed by atoms with E-state index >= 15 is 0 Å². The molecule has 0 bridgehead atoms. The first-order valence-electron chi connectivity index (χ1n) is 7.87. The predicted molar refractivity (Wildman–Crippen MR) is 102 cm³/mol. The van der Waals surface area contributed by atoms with Gasteiger partial charge in [-0.05, 0) is 36.7 Å². The Labute approximate surface area is 141 Å². The third kappa shape index (κ3) is 3.50. The maximum atomic E-state index is 10.4. The summed E-state index contributed by atoms with van der Waals surface area (Å²) in [5.41, 5.74) is 2.37. The van der Waals surface area contributed by atoms with Gasteiger partial charge in [0.2, 0.25) is 0 Å². The maximum absolute atomic E-state index is 10.4. The topological polar surface area (TPSA) is 20.2 Å². The van der Waals surface area contributed by atoms with Crippen LogP contribution in [0.25, 0.3) is 0 Å². The molecule has 1 nitrogen and oxygen atoms in total. The molecular formula is C19H25OPS. The fourth-order valence-electron chi connectivity index (χ4n) is 2.99. The van der Waals surface area contributed by atoms with Crippen LogP contribution in [0.4, 0.5) is 0 Å². The van der Waals surface area contributed by atoms with Gasteiger partial charge in [0.25, 0.3) is 0 Å². The van der Waals surface area contributed by atoms with Crippen LogP contribution in [0.2, 0.25) is 0 Å². The van der Waals surface area contributed by atoms with E-state index in [2.05, 4.69) is 63.7 Å². The quantitative estimate of drug-likeness (QED) is 0.536. The summed E-state index contributed by atoms with van der Waals surface area (Å²) >= 11 is 4.63. The number of benzene rings is 2. The molecule has 0 saturated carbocycles. The van der Waals surface area contributed by atoms with Crippen molar-refractivity contribution in [2.45, 2.75) is 44.0 Å². The van der Waals surface area contributed by atoms with E-state index in [0.29, 0.717) is 14.3 Å². The van der Waals surface area contributed by atoms with Gasteiger partial charge in [-0.25, -0.2) is 0 Å². The second-order valence-corrected chi connectivity index (χ2v) is 8.21. The van der Waals surface area contributed by atoms with Crippen molar-refractivity contribution in [3.63, 3.8) is 0 Å². The fourth-order valence-corrected chi connectivity index (χ4v) is 5.17. The molecule has 0 aliphatic heterocycles. The van der Waals surface area contributed by atoms with E-state index in [9.17, 15) is 5.11 Å². The standard InChI is InChI=1S/C19H25OPS/c1-4-19(5-2,16-11-7-8-12-17(16)20)21-18-13-9-6-10-15(18)14(3)22/h6-14,20-22H,4-5H2,1-3H3. The average Bonchev–Trinajstić information content (AvgIpc) is 2.53. The number of phenolic OH excluding ortho intramolecular Hbond substituents is 1. The number of hydrogen-bond acceptors (Lipinski definition) is 2. The van der Waals surface area contributed by atoms with Crippen LogP contribution < -0.4 is 5.30 Å². The molecule has 0 amide bonds. The van der Waals surface area contributed by atoms with E-state index in [-0.39, 0.29) is 10.4 Å². The lowest BCUT2D eigenvalue weighted by Crippen LogP contribution is -2.23. The Kier molecular flexibility index (Phi) is 5.94. The molecule has 0 radical (unpaired) electrons. The zero-order valence-electron chi connectivity index (χ0n) is 13.5. The minimum absolute atomic E-state index is 0.00981. The molecule has 0 aliphatic rings. The second-order valence-electron chi connectivity index (χ2n) is 5.69. The molecule has 2 unspecified atom stereocenters. The molecule has 0 aliphatic carbocycles. The minimum atomic E-state index is -0.00981. The summed E-state index contributed by atoms with van der Waals surface area (Å²) in [7, 11) is 0.622. The highest BCUT2D eigenvalue weighted by molar-refractivity contribution is 7.80. The molecule has 2 rings (SSSR count). The molecule has 0 saturated heterocycles. The number of aromatic hydroxyl groups is 1. The van der Waals surface area contributed by atoms with Crippen molar-refractivity contribution in [1.82, 2.24) is 0 Å². The van der Waals surface area contributed by atoms with Gasteiger partial charge in [0.05, 0.1) is 0 Å². The van der Waals surface area contributed by atoms with Gasteiger partial charge < -0.3 is 5.11 Å². The van der Waals surface area contributed by atoms with Crippen molar-refractivity contribution in [3.8, 4) is 5.75 Å². The Hall–Kier alpha value is -0.980. The third-order valence-corrected chi connectivity index (χ3v) is 6.87. The van der Waals surface area contributed by atoms with Gasteiger partial charge in [0, 0.05) is 16.0 Å². The summed E-state index contributed by atoms with van der Waals surface area (Å²) in [4.78, 5) is 0. The molecule has 2 atom stereocenters. The predicted octanol–water partition coefficient (Wildman–Crippen LogP) is 5.40. The second kappa shape index (κ2) is 7.53. The maximum Gasteiger partial charge on any atom is 0.119 e. The van der Waals surface area contributed by atoms with Crippen LogP contribution in [0.5, 0.6) is 5.75 Å². The van der Waals surface area contributed by atoms with E-state index in [1.165, 1.54) is 10.9 Å². The number of rotatable bonds is 6.